The third kappa shape index (κ3) is 3.33. The molecule has 0 unspecified atom stereocenters. The summed E-state index contributed by atoms with van der Waals surface area (Å²) in [7, 11) is 0. The molecule has 0 atom stereocenters. The van der Waals surface area contributed by atoms with E-state index in [1.54, 1.807) is 0 Å². The van der Waals surface area contributed by atoms with Crippen LogP contribution < -0.4 is 10.1 Å². The van der Waals surface area contributed by atoms with Gasteiger partial charge in [0.1, 0.15) is 17.4 Å². The van der Waals surface area contributed by atoms with Gasteiger partial charge >= 0.3 is 6.36 Å². The van der Waals surface area contributed by atoms with Crippen LogP contribution in [-0.4, -0.2) is 22.4 Å². The molecule has 27 heavy (non-hydrogen) atoms. The minimum Gasteiger partial charge on any atom is -0.406 e. The summed E-state index contributed by atoms with van der Waals surface area (Å²) in [5.41, 5.74) is 1.41. The fourth-order valence-electron chi connectivity index (χ4n) is 2.71. The van der Waals surface area contributed by atoms with Gasteiger partial charge in [0.15, 0.2) is 0 Å². The Labute approximate surface area is 154 Å². The first-order chi connectivity index (χ1) is 12.8. The van der Waals surface area contributed by atoms with E-state index in [4.69, 9.17) is 11.6 Å². The van der Waals surface area contributed by atoms with Crippen molar-refractivity contribution in [2.24, 2.45) is 4.99 Å². The summed E-state index contributed by atoms with van der Waals surface area (Å²) in [5, 5.41) is 9.64. The number of aromatic nitrogens is 2. The maximum Gasteiger partial charge on any atom is 0.573 e. The Morgan fingerprint density at radius 3 is 2.67 bits per heavy atom. The van der Waals surface area contributed by atoms with Crippen LogP contribution in [0.15, 0.2) is 47.6 Å². The zero-order chi connectivity index (χ0) is 19.2. The number of hydrogen-bond donors (Lipinski definition) is 2. The number of fused-ring (bicyclic) bond motifs is 3. The summed E-state index contributed by atoms with van der Waals surface area (Å²) >= 11 is 6.11. The monoisotopic (exact) mass is 396 g/mol. The molecule has 1 aromatic heterocycles. The quantitative estimate of drug-likeness (QED) is 0.580. The summed E-state index contributed by atoms with van der Waals surface area (Å²) < 4.78 is 55.9. The lowest BCUT2D eigenvalue weighted by Crippen LogP contribution is -2.17. The summed E-state index contributed by atoms with van der Waals surface area (Å²) in [5.74, 6) is -0.910. The Morgan fingerprint density at radius 2 is 1.93 bits per heavy atom. The van der Waals surface area contributed by atoms with E-state index in [1.807, 2.05) is 0 Å². The second kappa shape index (κ2) is 6.27. The highest BCUT2D eigenvalue weighted by Gasteiger charge is 2.32. The van der Waals surface area contributed by atoms with Crippen LogP contribution in [0, 0.1) is 5.82 Å². The van der Waals surface area contributed by atoms with Crippen LogP contribution in [0.2, 0.25) is 5.02 Å². The molecule has 1 aliphatic heterocycles. The lowest BCUT2D eigenvalue weighted by Gasteiger charge is -2.11. The molecule has 0 saturated carbocycles. The molecule has 0 amide bonds. The van der Waals surface area contributed by atoms with E-state index < -0.39 is 17.9 Å². The van der Waals surface area contributed by atoms with E-state index in [1.165, 1.54) is 36.5 Å². The van der Waals surface area contributed by atoms with Crippen LogP contribution in [-0.2, 0) is 0 Å². The van der Waals surface area contributed by atoms with Gasteiger partial charge in [-0.25, -0.2) is 9.38 Å². The lowest BCUT2D eigenvalue weighted by molar-refractivity contribution is -0.274. The van der Waals surface area contributed by atoms with Crippen molar-refractivity contribution >= 4 is 28.8 Å². The molecule has 0 bridgehead atoms. The van der Waals surface area contributed by atoms with Gasteiger partial charge in [0.05, 0.1) is 33.9 Å². The number of alkyl halides is 3. The maximum atomic E-state index is 14.3. The Bertz CT molecular complexity index is 1040. The summed E-state index contributed by atoms with van der Waals surface area (Å²) in [6, 6.07) is 7.83. The Balaban J connectivity index is 1.89. The number of anilines is 1. The smallest absolute Gasteiger partial charge is 0.406 e. The number of amidine groups is 1. The molecule has 10 heteroatoms. The molecule has 0 spiro atoms. The average Bonchev–Trinajstić information content (AvgIpc) is 2.97. The van der Waals surface area contributed by atoms with Crippen molar-refractivity contribution in [2.75, 3.05) is 5.32 Å². The highest BCUT2D eigenvalue weighted by atomic mass is 35.5. The van der Waals surface area contributed by atoms with E-state index in [2.05, 4.69) is 25.2 Å². The SMILES string of the molecule is Fc1cccc(Cl)c1C1=Nc2ccc(OC(F)(F)F)cc2-c2[nH]ncc2N1. The van der Waals surface area contributed by atoms with Gasteiger partial charge in [-0.05, 0) is 30.3 Å². The minimum atomic E-state index is -4.83. The Hall–Kier alpha value is -3.07. The fourth-order valence-corrected chi connectivity index (χ4v) is 2.97. The van der Waals surface area contributed by atoms with Gasteiger partial charge in [-0.15, -0.1) is 13.2 Å². The standard InChI is InChI=1S/C17H9ClF4N4O/c18-10-2-1-3-11(19)14(10)16-24-12-5-4-8(27-17(20,21)22)6-9(12)15-13(25-16)7-23-26-15/h1-7H,(H,23,26)(H,24,25). The summed E-state index contributed by atoms with van der Waals surface area (Å²) in [4.78, 5) is 4.35. The van der Waals surface area contributed by atoms with Crippen molar-refractivity contribution < 1.29 is 22.3 Å². The molecule has 2 aromatic carbocycles. The number of benzene rings is 2. The number of nitrogens with one attached hydrogen (secondary N) is 2. The largest absolute Gasteiger partial charge is 0.573 e. The molecular formula is C17H9ClF4N4O. The number of aromatic amines is 1. The van der Waals surface area contributed by atoms with Crippen molar-refractivity contribution in [3.63, 3.8) is 0 Å². The molecule has 0 aliphatic carbocycles. The average molecular weight is 397 g/mol. The van der Waals surface area contributed by atoms with Crippen molar-refractivity contribution in [3.05, 3.63) is 59.0 Å². The van der Waals surface area contributed by atoms with Crippen LogP contribution in [0.4, 0.5) is 28.9 Å². The fraction of sp³-hybridized carbons (Fsp3) is 0.0588. The van der Waals surface area contributed by atoms with Crippen molar-refractivity contribution in [1.29, 1.82) is 0 Å². The molecule has 138 valence electrons. The van der Waals surface area contributed by atoms with Crippen molar-refractivity contribution in [3.8, 4) is 17.0 Å². The van der Waals surface area contributed by atoms with E-state index in [9.17, 15) is 17.6 Å². The first-order valence-corrected chi connectivity index (χ1v) is 7.93. The molecule has 2 heterocycles. The number of ether oxygens (including phenoxy) is 1. The van der Waals surface area contributed by atoms with Crippen molar-refractivity contribution in [2.45, 2.75) is 6.36 Å². The third-order valence-electron chi connectivity index (χ3n) is 3.80. The first kappa shape index (κ1) is 17.3. The number of nitrogens with zero attached hydrogens (tertiary/aromatic N) is 2. The highest BCUT2D eigenvalue weighted by molar-refractivity contribution is 6.35. The van der Waals surface area contributed by atoms with E-state index >= 15 is 0 Å². The predicted octanol–water partition coefficient (Wildman–Crippen LogP) is 5.27. The summed E-state index contributed by atoms with van der Waals surface area (Å²) in [6.45, 7) is 0. The Morgan fingerprint density at radius 1 is 1.11 bits per heavy atom. The first-order valence-electron chi connectivity index (χ1n) is 7.55. The van der Waals surface area contributed by atoms with E-state index in [-0.39, 0.29) is 22.1 Å². The van der Waals surface area contributed by atoms with Gasteiger partial charge in [0.25, 0.3) is 0 Å². The zero-order valence-corrected chi connectivity index (χ0v) is 14.0. The molecular weight excluding hydrogens is 388 g/mol. The molecule has 0 saturated heterocycles. The normalized spacial score (nSPS) is 13.1. The third-order valence-corrected chi connectivity index (χ3v) is 4.11. The number of hydrogen-bond acceptors (Lipinski definition) is 4. The number of H-pyrrole nitrogens is 1. The zero-order valence-electron chi connectivity index (χ0n) is 13.2. The summed E-state index contributed by atoms with van der Waals surface area (Å²) in [6.07, 6.45) is -3.42. The Kier molecular flexibility index (Phi) is 4.03. The van der Waals surface area contributed by atoms with Gasteiger partial charge in [-0.1, -0.05) is 17.7 Å². The van der Waals surface area contributed by atoms with Gasteiger partial charge in [-0.2, -0.15) is 5.10 Å². The number of aliphatic imine (C=N–C) groups is 1. The molecule has 0 radical (unpaired) electrons. The second-order valence-electron chi connectivity index (χ2n) is 5.57. The van der Waals surface area contributed by atoms with Gasteiger partial charge in [-0.3, -0.25) is 5.10 Å². The lowest BCUT2D eigenvalue weighted by atomic mass is 10.1. The molecule has 3 aromatic rings. The maximum absolute atomic E-state index is 14.3. The number of rotatable bonds is 2. The van der Waals surface area contributed by atoms with E-state index in [0.29, 0.717) is 16.9 Å². The van der Waals surface area contributed by atoms with Crippen LogP contribution >= 0.6 is 11.6 Å². The molecule has 1 aliphatic rings. The van der Waals surface area contributed by atoms with Gasteiger partial charge in [0, 0.05) is 5.56 Å². The molecule has 0 fully saturated rings. The minimum absolute atomic E-state index is 0.0368. The van der Waals surface area contributed by atoms with Crippen LogP contribution in [0.25, 0.3) is 11.3 Å². The van der Waals surface area contributed by atoms with E-state index in [0.717, 1.165) is 6.07 Å². The predicted molar refractivity (Wildman–Crippen MR) is 91.9 cm³/mol. The highest BCUT2D eigenvalue weighted by Crippen LogP contribution is 2.40. The van der Waals surface area contributed by atoms with Gasteiger partial charge in [0.2, 0.25) is 0 Å². The molecule has 4 rings (SSSR count). The number of halogens is 5. The van der Waals surface area contributed by atoms with Gasteiger partial charge < -0.3 is 10.1 Å². The van der Waals surface area contributed by atoms with Crippen LogP contribution in [0.3, 0.4) is 0 Å². The van der Waals surface area contributed by atoms with Crippen LogP contribution in [0.5, 0.6) is 5.75 Å². The van der Waals surface area contributed by atoms with Crippen LogP contribution in [0.1, 0.15) is 5.56 Å². The molecule has 2 N–H and O–H groups in total. The molecule has 5 nitrogen and oxygen atoms in total. The topological polar surface area (TPSA) is 62.3 Å². The second-order valence-corrected chi connectivity index (χ2v) is 5.97. The van der Waals surface area contributed by atoms with Crippen molar-refractivity contribution in [1.82, 2.24) is 10.2 Å².